The number of hydrogen-bond donors (Lipinski definition) is 6. The molecule has 256 valence electrons. The summed E-state index contributed by atoms with van der Waals surface area (Å²) in [5.74, 6) is -0.268. The van der Waals surface area contributed by atoms with E-state index in [1.807, 2.05) is 6.07 Å². The van der Waals surface area contributed by atoms with E-state index in [4.69, 9.17) is 25.0 Å². The van der Waals surface area contributed by atoms with Crippen LogP contribution in [-0.4, -0.2) is 58.0 Å². The Balaban J connectivity index is 1.55. The number of nitrogens with zero attached hydrogens (tertiary/aromatic N) is 4. The SMILES string of the molecule is CC(C)[C@@H](OCc1cn([C@H]2CC(O)[C@@H](COP(=O)(O)OP(=O)(O)OP(=O)(O)O)O2)c2nccc(N)c12)c1cc(C#N)ccc1[N+](=O)[O-]. The number of hydrogen-bond acceptors (Lipinski definition) is 14. The van der Waals surface area contributed by atoms with Gasteiger partial charge in [-0.05, 0) is 24.1 Å². The van der Waals surface area contributed by atoms with Crippen molar-refractivity contribution >= 4 is 45.9 Å². The minimum atomic E-state index is -5.74. The number of aliphatic hydroxyl groups is 1. The largest absolute Gasteiger partial charge is 0.490 e. The second kappa shape index (κ2) is 14.2. The first-order chi connectivity index (χ1) is 21.8. The maximum atomic E-state index is 12.1. The highest BCUT2D eigenvalue weighted by atomic mass is 31.3. The molecule has 20 nitrogen and oxygen atoms in total. The number of anilines is 1. The van der Waals surface area contributed by atoms with Crippen molar-refractivity contribution < 1.29 is 65.9 Å². The molecule has 0 bridgehead atoms. The van der Waals surface area contributed by atoms with Gasteiger partial charge in [0.2, 0.25) is 0 Å². The van der Waals surface area contributed by atoms with E-state index in [2.05, 4.69) is 18.1 Å². The fourth-order valence-electron chi connectivity index (χ4n) is 4.96. The molecule has 23 heteroatoms. The van der Waals surface area contributed by atoms with Crippen LogP contribution >= 0.6 is 23.5 Å². The van der Waals surface area contributed by atoms with Crippen molar-refractivity contribution in [3.63, 3.8) is 0 Å². The van der Waals surface area contributed by atoms with Crippen LogP contribution in [0.1, 0.15) is 49.3 Å². The van der Waals surface area contributed by atoms with Crippen LogP contribution < -0.4 is 5.73 Å². The number of phosphoric ester groups is 1. The molecule has 47 heavy (non-hydrogen) atoms. The molecule has 1 aliphatic rings. The number of aromatic nitrogens is 2. The molecule has 1 aliphatic heterocycles. The minimum Gasteiger partial charge on any atom is -0.398 e. The summed E-state index contributed by atoms with van der Waals surface area (Å²) in [4.78, 5) is 52.0. The summed E-state index contributed by atoms with van der Waals surface area (Å²) in [5.41, 5.74) is 7.56. The number of benzene rings is 1. The molecule has 1 saturated heterocycles. The molecule has 4 rings (SSSR count). The number of nitriles is 1. The Hall–Kier alpha value is -3.11. The minimum absolute atomic E-state index is 0.104. The number of rotatable bonds is 14. The van der Waals surface area contributed by atoms with Crippen LogP contribution in [-0.2, 0) is 42.9 Å². The van der Waals surface area contributed by atoms with E-state index in [0.29, 0.717) is 22.3 Å². The van der Waals surface area contributed by atoms with Crippen molar-refractivity contribution in [3.8, 4) is 6.07 Å². The molecular formula is C24H30N5O15P3. The van der Waals surface area contributed by atoms with E-state index >= 15 is 0 Å². The van der Waals surface area contributed by atoms with Gasteiger partial charge in [0.1, 0.15) is 18.0 Å². The van der Waals surface area contributed by atoms with Crippen LogP contribution in [0.2, 0.25) is 0 Å². The fraction of sp³-hybridized carbons (Fsp3) is 0.417. The summed E-state index contributed by atoms with van der Waals surface area (Å²) in [5, 5.41) is 32.2. The second-order valence-electron chi connectivity index (χ2n) is 10.6. The van der Waals surface area contributed by atoms with Gasteiger partial charge in [-0.15, -0.1) is 0 Å². The fourth-order valence-corrected chi connectivity index (χ4v) is 7.99. The van der Waals surface area contributed by atoms with E-state index in [9.17, 15) is 44.0 Å². The van der Waals surface area contributed by atoms with Gasteiger partial charge in [0, 0.05) is 41.5 Å². The third-order valence-electron chi connectivity index (χ3n) is 6.84. The van der Waals surface area contributed by atoms with Gasteiger partial charge >= 0.3 is 23.5 Å². The highest BCUT2D eigenvalue weighted by Crippen LogP contribution is 2.66. The smallest absolute Gasteiger partial charge is 0.398 e. The third-order valence-corrected chi connectivity index (χ3v) is 10.6. The zero-order valence-electron chi connectivity index (χ0n) is 24.5. The van der Waals surface area contributed by atoms with Crippen LogP contribution in [0.15, 0.2) is 36.7 Å². The monoisotopic (exact) mass is 721 g/mol. The lowest BCUT2D eigenvalue weighted by molar-refractivity contribution is -0.386. The summed E-state index contributed by atoms with van der Waals surface area (Å²) in [6, 6.07) is 7.48. The topological polar surface area (TPSA) is 309 Å². The number of nitrogens with two attached hydrogens (primary N) is 1. The van der Waals surface area contributed by atoms with Gasteiger partial charge in [-0.25, -0.2) is 18.7 Å². The van der Waals surface area contributed by atoms with Crippen molar-refractivity contribution in [1.29, 1.82) is 5.26 Å². The van der Waals surface area contributed by atoms with Crippen molar-refractivity contribution in [2.75, 3.05) is 12.3 Å². The van der Waals surface area contributed by atoms with E-state index < -0.39 is 59.5 Å². The molecule has 0 saturated carbocycles. The molecule has 7 N–H and O–H groups in total. The summed E-state index contributed by atoms with van der Waals surface area (Å²) in [6.45, 7) is 2.59. The number of ether oxygens (including phenoxy) is 2. The van der Waals surface area contributed by atoms with Crippen molar-refractivity contribution in [2.24, 2.45) is 5.92 Å². The summed E-state index contributed by atoms with van der Waals surface area (Å²) < 4.78 is 60.0. The average molecular weight is 721 g/mol. The lowest BCUT2D eigenvalue weighted by Gasteiger charge is -2.22. The molecule has 1 aromatic carbocycles. The molecule has 3 aromatic rings. The molecule has 6 atom stereocenters. The molecule has 0 spiro atoms. The number of nitro groups is 1. The molecular weight excluding hydrogens is 691 g/mol. The first-order valence-electron chi connectivity index (χ1n) is 13.5. The maximum Gasteiger partial charge on any atom is 0.490 e. The Morgan fingerprint density at radius 3 is 2.51 bits per heavy atom. The van der Waals surface area contributed by atoms with Gasteiger partial charge in [0.25, 0.3) is 5.69 Å². The Morgan fingerprint density at radius 1 is 1.19 bits per heavy atom. The van der Waals surface area contributed by atoms with Gasteiger partial charge in [-0.3, -0.25) is 14.6 Å². The molecule has 1 fully saturated rings. The number of nitro benzene ring substituents is 1. The standard InChI is InChI=1S/C24H30N5O15P3/c1-13(2)23(16-7-14(9-25)3-4-18(16)29(31)32)40-11-15-10-28(24-22(15)17(26)5-6-27-24)21-8-19(30)20(42-21)12-41-46(36,37)44-47(38,39)43-45(33,34)35/h3-7,10,13,19-21,23,30H,8,11-12H2,1-2H3,(H2,26,27)(H,36,37)(H,38,39)(H2,33,34,35)/t19?,20-,21-,23-/m1/s1. The number of nitrogen functional groups attached to an aromatic ring is 1. The number of aliphatic hydroxyl groups excluding tert-OH is 1. The Bertz CT molecular complexity index is 1840. The van der Waals surface area contributed by atoms with Crippen LogP contribution in [0.4, 0.5) is 11.4 Å². The lowest BCUT2D eigenvalue weighted by atomic mass is 9.95. The van der Waals surface area contributed by atoms with Crippen LogP contribution in [0.3, 0.4) is 0 Å². The first-order valence-corrected chi connectivity index (χ1v) is 18.0. The Labute approximate surface area is 265 Å². The first kappa shape index (κ1) is 36.7. The molecule has 0 amide bonds. The van der Waals surface area contributed by atoms with Gasteiger partial charge in [-0.2, -0.15) is 13.9 Å². The average Bonchev–Trinajstić information content (AvgIpc) is 3.50. The van der Waals surface area contributed by atoms with Crippen LogP contribution in [0.25, 0.3) is 11.0 Å². The number of phosphoric acid groups is 3. The maximum absolute atomic E-state index is 12.1. The summed E-state index contributed by atoms with van der Waals surface area (Å²) in [6.07, 6.45) is -1.50. The normalized spacial score (nSPS) is 21.7. The molecule has 3 heterocycles. The van der Waals surface area contributed by atoms with Crippen molar-refractivity contribution in [3.05, 3.63) is 63.5 Å². The van der Waals surface area contributed by atoms with Gasteiger partial charge in [0.05, 0.1) is 47.5 Å². The predicted octanol–water partition coefficient (Wildman–Crippen LogP) is 3.30. The van der Waals surface area contributed by atoms with Crippen molar-refractivity contribution in [1.82, 2.24) is 9.55 Å². The lowest BCUT2D eigenvalue weighted by Crippen LogP contribution is -2.26. The number of pyridine rings is 1. The zero-order chi connectivity index (χ0) is 34.9. The predicted molar refractivity (Wildman–Crippen MR) is 159 cm³/mol. The molecule has 0 radical (unpaired) electrons. The quantitative estimate of drug-likeness (QED) is 0.0790. The summed E-state index contributed by atoms with van der Waals surface area (Å²) in [7, 11) is -16.8. The van der Waals surface area contributed by atoms with E-state index in [0.717, 1.165) is 0 Å². The van der Waals surface area contributed by atoms with Crippen LogP contribution in [0, 0.1) is 27.4 Å². The Kier molecular flexibility index (Phi) is 11.1. The van der Waals surface area contributed by atoms with Gasteiger partial charge in [0.15, 0.2) is 0 Å². The highest BCUT2D eigenvalue weighted by Gasteiger charge is 2.43. The van der Waals surface area contributed by atoms with Gasteiger partial charge in [-0.1, -0.05) is 13.8 Å². The van der Waals surface area contributed by atoms with Crippen LogP contribution in [0.5, 0.6) is 0 Å². The Morgan fingerprint density at radius 2 is 1.89 bits per heavy atom. The highest BCUT2D eigenvalue weighted by molar-refractivity contribution is 7.66. The second-order valence-corrected chi connectivity index (χ2v) is 15.0. The van der Waals surface area contributed by atoms with E-state index in [1.165, 1.54) is 35.0 Å². The zero-order valence-corrected chi connectivity index (χ0v) is 27.2. The molecule has 3 unspecified atom stereocenters. The van der Waals surface area contributed by atoms with Gasteiger partial charge < -0.3 is 44.5 Å². The van der Waals surface area contributed by atoms with E-state index in [1.54, 1.807) is 20.0 Å². The number of fused-ring (bicyclic) bond motifs is 1. The van der Waals surface area contributed by atoms with Crippen molar-refractivity contribution in [2.45, 2.75) is 51.4 Å². The molecule has 0 aliphatic carbocycles. The van der Waals surface area contributed by atoms with E-state index in [-0.39, 0.29) is 35.8 Å². The summed E-state index contributed by atoms with van der Waals surface area (Å²) >= 11 is 0. The molecule has 2 aromatic heterocycles. The third kappa shape index (κ3) is 9.08.